The summed E-state index contributed by atoms with van der Waals surface area (Å²) in [5.74, 6) is -1.03. The average Bonchev–Trinajstić information content (AvgIpc) is 3.03. The van der Waals surface area contributed by atoms with Gasteiger partial charge in [0.1, 0.15) is 18.3 Å². The molecule has 0 spiro atoms. The van der Waals surface area contributed by atoms with Gasteiger partial charge in [-0.15, -0.1) is 0 Å². The lowest BCUT2D eigenvalue weighted by Gasteiger charge is -2.21. The first-order valence-corrected chi connectivity index (χ1v) is 17.4. The Kier molecular flexibility index (Phi) is 30.4. The minimum atomic E-state index is -1.76. The van der Waals surface area contributed by atoms with E-state index in [1.165, 1.54) is 0 Å². The number of hydrogen-bond donors (Lipinski definition) is 3. The van der Waals surface area contributed by atoms with Crippen molar-refractivity contribution in [3.63, 3.8) is 0 Å². The van der Waals surface area contributed by atoms with Crippen LogP contribution in [0.1, 0.15) is 142 Å². The zero-order chi connectivity index (χ0) is 32.5. The number of rotatable bonds is 30. The summed E-state index contributed by atoms with van der Waals surface area (Å²) in [6, 6.07) is 0. The molecule has 0 aromatic rings. The smallest absolute Gasteiger partial charge is 0.164 e. The Hall–Kier alpha value is -2.34. The topological polar surface area (TPSA) is 94.8 Å². The molecule has 0 rings (SSSR count). The second-order valence-electron chi connectivity index (χ2n) is 11.5. The van der Waals surface area contributed by atoms with Crippen molar-refractivity contribution in [1.82, 2.24) is 0 Å². The van der Waals surface area contributed by atoms with Crippen LogP contribution in [0.15, 0.2) is 72.9 Å². The summed E-state index contributed by atoms with van der Waals surface area (Å²) in [5.41, 5.74) is 0. The highest BCUT2D eigenvalue weighted by atomic mass is 16.4. The number of aliphatic hydroxyl groups excluding tert-OH is 3. The van der Waals surface area contributed by atoms with Crippen molar-refractivity contribution in [1.29, 1.82) is 0 Å². The summed E-state index contributed by atoms with van der Waals surface area (Å²) in [7, 11) is 0. The Morgan fingerprint density at radius 3 is 1.09 bits per heavy atom. The number of aliphatic hydroxyl groups is 3. The zero-order valence-electron chi connectivity index (χ0n) is 28.0. The van der Waals surface area contributed by atoms with Crippen LogP contribution in [0.4, 0.5) is 0 Å². The molecule has 0 aliphatic rings. The number of ketones is 2. The molecule has 44 heavy (non-hydrogen) atoms. The van der Waals surface area contributed by atoms with Crippen molar-refractivity contribution in [3.8, 4) is 0 Å². The van der Waals surface area contributed by atoms with E-state index >= 15 is 0 Å². The first-order valence-electron chi connectivity index (χ1n) is 17.4. The molecule has 2 atom stereocenters. The van der Waals surface area contributed by atoms with E-state index in [0.29, 0.717) is 12.8 Å². The largest absolute Gasteiger partial charge is 0.387 e. The van der Waals surface area contributed by atoms with E-state index in [-0.39, 0.29) is 12.8 Å². The third kappa shape index (κ3) is 26.1. The zero-order valence-corrected chi connectivity index (χ0v) is 28.0. The predicted octanol–water partition coefficient (Wildman–Crippen LogP) is 9.39. The Bertz CT molecular complexity index is 794. The van der Waals surface area contributed by atoms with E-state index in [2.05, 4.69) is 86.8 Å². The SMILES string of the molecule is CC/C=C\C/C=C\C/C=C\CCCCCCCC(=O)C(O)C(O)C(O)C(=O)CCCCCCC/C=C\C/C=C\C/C=C\CC. The van der Waals surface area contributed by atoms with Gasteiger partial charge < -0.3 is 15.3 Å². The highest BCUT2D eigenvalue weighted by Crippen LogP contribution is 2.14. The molecule has 0 aromatic carbocycles. The molecular formula is C39H64O5. The Balaban J connectivity index is 3.84. The molecule has 0 aromatic heterocycles. The summed E-state index contributed by atoms with van der Waals surface area (Å²) < 4.78 is 0. The van der Waals surface area contributed by atoms with E-state index in [1.54, 1.807) is 0 Å². The average molecular weight is 613 g/mol. The number of carbonyl (C=O) groups excluding carboxylic acids is 2. The summed E-state index contributed by atoms with van der Waals surface area (Å²) in [4.78, 5) is 24.6. The van der Waals surface area contributed by atoms with E-state index in [9.17, 15) is 24.9 Å². The highest BCUT2D eigenvalue weighted by Gasteiger charge is 2.33. The van der Waals surface area contributed by atoms with Crippen molar-refractivity contribution in [2.45, 2.75) is 161 Å². The molecule has 0 radical (unpaired) electrons. The van der Waals surface area contributed by atoms with Crippen LogP contribution in [0.2, 0.25) is 0 Å². The molecule has 5 heteroatoms. The Morgan fingerprint density at radius 2 is 0.727 bits per heavy atom. The van der Waals surface area contributed by atoms with Gasteiger partial charge in [-0.2, -0.15) is 0 Å². The number of carbonyl (C=O) groups is 2. The number of allylic oxidation sites excluding steroid dienone is 12. The molecule has 0 saturated heterocycles. The molecule has 0 bridgehead atoms. The van der Waals surface area contributed by atoms with Crippen LogP contribution in [-0.4, -0.2) is 45.2 Å². The standard InChI is InChI=1S/C39H64O5/c1-3-5-7-9-11-13-15-17-19-21-23-25-27-29-31-33-35(40)37(42)39(44)38(43)36(41)34-32-30-28-26-24-22-20-18-16-14-12-10-8-6-4-2/h5-8,11-14,17-20,37-39,42-44H,3-4,9-10,15-16,21-34H2,1-2H3/b7-5-,8-6-,13-11-,14-12-,19-17-,20-18-. The van der Waals surface area contributed by atoms with Gasteiger partial charge in [0.05, 0.1) is 0 Å². The molecule has 3 N–H and O–H groups in total. The van der Waals surface area contributed by atoms with Gasteiger partial charge in [0, 0.05) is 12.8 Å². The maximum absolute atomic E-state index is 12.3. The normalized spacial score (nSPS) is 14.8. The van der Waals surface area contributed by atoms with Crippen LogP contribution in [-0.2, 0) is 9.59 Å². The Morgan fingerprint density at radius 1 is 0.432 bits per heavy atom. The Labute approximate surface area is 269 Å². The third-order valence-electron chi connectivity index (χ3n) is 7.45. The van der Waals surface area contributed by atoms with Crippen molar-refractivity contribution >= 4 is 11.6 Å². The molecule has 0 heterocycles. The second-order valence-corrected chi connectivity index (χ2v) is 11.5. The van der Waals surface area contributed by atoms with Gasteiger partial charge >= 0.3 is 0 Å². The van der Waals surface area contributed by atoms with Crippen LogP contribution < -0.4 is 0 Å². The van der Waals surface area contributed by atoms with Crippen LogP contribution >= 0.6 is 0 Å². The lowest BCUT2D eigenvalue weighted by molar-refractivity contribution is -0.146. The van der Waals surface area contributed by atoms with Gasteiger partial charge in [-0.3, -0.25) is 9.59 Å². The van der Waals surface area contributed by atoms with E-state index in [4.69, 9.17) is 0 Å². The van der Waals surface area contributed by atoms with Crippen molar-refractivity contribution in [2.75, 3.05) is 0 Å². The van der Waals surface area contributed by atoms with Gasteiger partial charge in [-0.25, -0.2) is 0 Å². The molecule has 0 aliphatic heterocycles. The van der Waals surface area contributed by atoms with Gasteiger partial charge in [0.2, 0.25) is 0 Å². The quantitative estimate of drug-likeness (QED) is 0.0555. The van der Waals surface area contributed by atoms with E-state index < -0.39 is 29.9 Å². The van der Waals surface area contributed by atoms with E-state index in [0.717, 1.165) is 103 Å². The molecule has 250 valence electrons. The number of unbranched alkanes of at least 4 members (excludes halogenated alkanes) is 10. The first kappa shape index (κ1) is 41.7. The van der Waals surface area contributed by atoms with Crippen molar-refractivity contribution in [3.05, 3.63) is 72.9 Å². The fourth-order valence-corrected chi connectivity index (χ4v) is 4.69. The monoisotopic (exact) mass is 612 g/mol. The summed E-state index contributed by atoms with van der Waals surface area (Å²) in [6.07, 6.45) is 38.9. The molecule has 5 nitrogen and oxygen atoms in total. The predicted molar refractivity (Wildman–Crippen MR) is 187 cm³/mol. The van der Waals surface area contributed by atoms with Crippen LogP contribution in [0.3, 0.4) is 0 Å². The van der Waals surface area contributed by atoms with Gasteiger partial charge in [0.25, 0.3) is 0 Å². The lowest BCUT2D eigenvalue weighted by atomic mass is 9.95. The summed E-state index contributed by atoms with van der Waals surface area (Å²) >= 11 is 0. The molecule has 0 amide bonds. The fraction of sp³-hybridized carbons (Fsp3) is 0.641. The minimum Gasteiger partial charge on any atom is -0.387 e. The van der Waals surface area contributed by atoms with Crippen LogP contribution in [0.5, 0.6) is 0 Å². The molecular weight excluding hydrogens is 548 g/mol. The maximum atomic E-state index is 12.3. The third-order valence-corrected chi connectivity index (χ3v) is 7.45. The first-order chi connectivity index (χ1) is 21.5. The maximum Gasteiger partial charge on any atom is 0.164 e. The number of Topliss-reactive ketones (excluding diaryl/α,β-unsaturated/α-hetero) is 2. The van der Waals surface area contributed by atoms with E-state index in [1.807, 2.05) is 0 Å². The number of hydrogen-bond acceptors (Lipinski definition) is 5. The highest BCUT2D eigenvalue weighted by molar-refractivity contribution is 5.87. The van der Waals surface area contributed by atoms with Gasteiger partial charge in [-0.1, -0.05) is 125 Å². The minimum absolute atomic E-state index is 0.140. The molecule has 0 saturated carbocycles. The van der Waals surface area contributed by atoms with Gasteiger partial charge in [-0.05, 0) is 77.0 Å². The summed E-state index contributed by atoms with van der Waals surface area (Å²) in [6.45, 7) is 4.27. The molecule has 2 unspecified atom stereocenters. The molecule has 0 aliphatic carbocycles. The lowest BCUT2D eigenvalue weighted by Crippen LogP contribution is -2.45. The second kappa shape index (κ2) is 32.1. The van der Waals surface area contributed by atoms with Crippen molar-refractivity contribution in [2.24, 2.45) is 0 Å². The van der Waals surface area contributed by atoms with Crippen LogP contribution in [0, 0.1) is 0 Å². The van der Waals surface area contributed by atoms with Crippen LogP contribution in [0.25, 0.3) is 0 Å². The summed E-state index contributed by atoms with van der Waals surface area (Å²) in [5, 5.41) is 30.6. The fourth-order valence-electron chi connectivity index (χ4n) is 4.69. The van der Waals surface area contributed by atoms with Gasteiger partial charge in [0.15, 0.2) is 11.6 Å². The van der Waals surface area contributed by atoms with Crippen molar-refractivity contribution < 1.29 is 24.9 Å². The molecule has 0 fully saturated rings.